The van der Waals surface area contributed by atoms with Crippen LogP contribution in [0.1, 0.15) is 60.4 Å². The third-order valence-corrected chi connectivity index (χ3v) is 4.98. The monoisotopic (exact) mass is 291 g/mol. The van der Waals surface area contributed by atoms with E-state index in [1.165, 1.54) is 27.8 Å². The van der Waals surface area contributed by atoms with Crippen LogP contribution in [0.2, 0.25) is 0 Å². The molecule has 3 atom stereocenters. The van der Waals surface area contributed by atoms with Gasteiger partial charge in [-0.05, 0) is 73.8 Å². The van der Waals surface area contributed by atoms with Crippen molar-refractivity contribution >= 4 is 5.97 Å². The van der Waals surface area contributed by atoms with Gasteiger partial charge in [-0.15, -0.1) is 0 Å². The summed E-state index contributed by atoms with van der Waals surface area (Å²) in [5, 5.41) is 9.04. The summed E-state index contributed by atoms with van der Waals surface area (Å²) in [5.41, 5.74) is 12.4. The molecule has 0 aliphatic rings. The number of carboxylic acid groups (broad SMARTS) is 1. The van der Waals surface area contributed by atoms with Crippen molar-refractivity contribution in [1.82, 2.24) is 0 Å². The summed E-state index contributed by atoms with van der Waals surface area (Å²) in [4.78, 5) is 11.0. The van der Waals surface area contributed by atoms with E-state index in [-0.39, 0.29) is 5.92 Å². The van der Waals surface area contributed by atoms with Gasteiger partial charge in [0.15, 0.2) is 0 Å². The smallest absolute Gasteiger partial charge is 0.320 e. The molecule has 0 bridgehead atoms. The van der Waals surface area contributed by atoms with Crippen LogP contribution >= 0.6 is 0 Å². The van der Waals surface area contributed by atoms with Crippen LogP contribution in [0.4, 0.5) is 0 Å². The molecule has 3 heteroatoms. The largest absolute Gasteiger partial charge is 0.480 e. The van der Waals surface area contributed by atoms with E-state index >= 15 is 0 Å². The van der Waals surface area contributed by atoms with Gasteiger partial charge in [-0.1, -0.05) is 26.3 Å². The first kappa shape index (κ1) is 17.7. The predicted octanol–water partition coefficient (Wildman–Crippen LogP) is 3.85. The van der Waals surface area contributed by atoms with E-state index in [9.17, 15) is 4.79 Å². The maximum atomic E-state index is 11.0. The van der Waals surface area contributed by atoms with E-state index in [0.29, 0.717) is 12.3 Å². The molecule has 0 fully saturated rings. The fourth-order valence-electron chi connectivity index (χ4n) is 3.39. The minimum Gasteiger partial charge on any atom is -0.480 e. The van der Waals surface area contributed by atoms with Crippen LogP contribution in [-0.4, -0.2) is 17.1 Å². The van der Waals surface area contributed by atoms with Gasteiger partial charge >= 0.3 is 5.97 Å². The Morgan fingerprint density at radius 1 is 1.19 bits per heavy atom. The standard InChI is InChI=1S/C18H29NO2/c1-7-15(9-16(19)18(20)21)14(6)17-11(3)8-10(2)12(4)13(17)5/h8,14-16H,7,9,19H2,1-6H3,(H,20,21). The van der Waals surface area contributed by atoms with E-state index in [1.807, 2.05) is 0 Å². The Kier molecular flexibility index (Phi) is 5.97. The van der Waals surface area contributed by atoms with Gasteiger partial charge in [-0.2, -0.15) is 0 Å². The molecular formula is C18H29NO2. The fraction of sp³-hybridized carbons (Fsp3) is 0.611. The van der Waals surface area contributed by atoms with Crippen molar-refractivity contribution in [2.45, 2.75) is 66.3 Å². The second-order valence-electron chi connectivity index (χ2n) is 6.31. The molecule has 0 radical (unpaired) electrons. The highest BCUT2D eigenvalue weighted by Gasteiger charge is 2.25. The first-order chi connectivity index (χ1) is 9.70. The molecule has 1 aromatic rings. The second-order valence-corrected chi connectivity index (χ2v) is 6.31. The highest BCUT2D eigenvalue weighted by Crippen LogP contribution is 2.36. The van der Waals surface area contributed by atoms with Gasteiger partial charge in [0.1, 0.15) is 6.04 Å². The maximum absolute atomic E-state index is 11.0. The summed E-state index contributed by atoms with van der Waals surface area (Å²) in [7, 11) is 0. The molecule has 3 unspecified atom stereocenters. The summed E-state index contributed by atoms with van der Waals surface area (Å²) in [6.07, 6.45) is 1.47. The van der Waals surface area contributed by atoms with Gasteiger partial charge in [0.2, 0.25) is 0 Å². The molecule has 0 aliphatic carbocycles. The number of aryl methyl sites for hydroxylation is 2. The molecule has 118 valence electrons. The normalized spacial score (nSPS) is 15.6. The lowest BCUT2D eigenvalue weighted by Crippen LogP contribution is -2.33. The minimum atomic E-state index is -0.908. The predicted molar refractivity (Wildman–Crippen MR) is 87.8 cm³/mol. The van der Waals surface area contributed by atoms with Crippen LogP contribution in [0.3, 0.4) is 0 Å². The molecule has 3 N–H and O–H groups in total. The van der Waals surface area contributed by atoms with Crippen molar-refractivity contribution in [3.05, 3.63) is 33.9 Å². The Labute approximate surface area is 128 Å². The zero-order chi connectivity index (χ0) is 16.3. The average molecular weight is 291 g/mol. The van der Waals surface area contributed by atoms with E-state index in [4.69, 9.17) is 10.8 Å². The van der Waals surface area contributed by atoms with Gasteiger partial charge in [0.25, 0.3) is 0 Å². The second kappa shape index (κ2) is 7.08. The molecule has 0 heterocycles. The first-order valence-electron chi connectivity index (χ1n) is 7.76. The summed E-state index contributed by atoms with van der Waals surface area (Å²) in [5.74, 6) is -0.301. The van der Waals surface area contributed by atoms with Crippen molar-refractivity contribution < 1.29 is 9.90 Å². The van der Waals surface area contributed by atoms with Crippen LogP contribution in [0.15, 0.2) is 6.07 Å². The molecule has 0 spiro atoms. The summed E-state index contributed by atoms with van der Waals surface area (Å²) < 4.78 is 0. The highest BCUT2D eigenvalue weighted by atomic mass is 16.4. The van der Waals surface area contributed by atoms with Crippen LogP contribution in [-0.2, 0) is 4.79 Å². The Morgan fingerprint density at radius 3 is 2.24 bits per heavy atom. The lowest BCUT2D eigenvalue weighted by atomic mass is 9.77. The fourth-order valence-corrected chi connectivity index (χ4v) is 3.39. The van der Waals surface area contributed by atoms with Gasteiger partial charge in [-0.3, -0.25) is 4.79 Å². The number of hydrogen-bond acceptors (Lipinski definition) is 2. The quantitative estimate of drug-likeness (QED) is 0.836. The number of aliphatic carboxylic acids is 1. The van der Waals surface area contributed by atoms with E-state index in [1.54, 1.807) is 0 Å². The number of hydrogen-bond donors (Lipinski definition) is 2. The number of rotatable bonds is 6. The molecule has 1 aromatic carbocycles. The lowest BCUT2D eigenvalue weighted by Gasteiger charge is -2.28. The van der Waals surface area contributed by atoms with E-state index in [0.717, 1.165) is 6.42 Å². The van der Waals surface area contributed by atoms with Gasteiger partial charge in [0, 0.05) is 0 Å². The molecule has 0 saturated carbocycles. The molecule has 1 rings (SSSR count). The first-order valence-corrected chi connectivity index (χ1v) is 7.76. The van der Waals surface area contributed by atoms with Crippen molar-refractivity contribution in [2.24, 2.45) is 11.7 Å². The topological polar surface area (TPSA) is 63.3 Å². The van der Waals surface area contributed by atoms with Crippen LogP contribution in [0, 0.1) is 33.6 Å². The lowest BCUT2D eigenvalue weighted by molar-refractivity contribution is -0.139. The Bertz CT molecular complexity index is 522. The summed E-state index contributed by atoms with van der Waals surface area (Å²) >= 11 is 0. The zero-order valence-corrected chi connectivity index (χ0v) is 14.2. The van der Waals surface area contributed by atoms with E-state index in [2.05, 4.69) is 47.6 Å². The Hall–Kier alpha value is -1.35. The van der Waals surface area contributed by atoms with Crippen LogP contribution < -0.4 is 5.73 Å². The molecular weight excluding hydrogens is 262 g/mol. The molecule has 3 nitrogen and oxygen atoms in total. The number of carbonyl (C=O) groups is 1. The van der Waals surface area contributed by atoms with Crippen LogP contribution in [0.25, 0.3) is 0 Å². The van der Waals surface area contributed by atoms with Crippen molar-refractivity contribution in [1.29, 1.82) is 0 Å². The van der Waals surface area contributed by atoms with E-state index < -0.39 is 12.0 Å². The summed E-state index contributed by atoms with van der Waals surface area (Å²) in [6.45, 7) is 12.9. The SMILES string of the molecule is CCC(CC(N)C(=O)O)C(C)c1c(C)cc(C)c(C)c1C. The molecule has 21 heavy (non-hydrogen) atoms. The minimum absolute atomic E-state index is 0.288. The van der Waals surface area contributed by atoms with Gasteiger partial charge in [0.05, 0.1) is 0 Å². The number of benzene rings is 1. The van der Waals surface area contributed by atoms with Crippen LogP contribution in [0.5, 0.6) is 0 Å². The van der Waals surface area contributed by atoms with Gasteiger partial charge in [-0.25, -0.2) is 0 Å². The number of nitrogens with two attached hydrogens (primary N) is 1. The number of carboxylic acids is 1. The maximum Gasteiger partial charge on any atom is 0.320 e. The third-order valence-electron chi connectivity index (χ3n) is 4.98. The molecule has 0 saturated heterocycles. The average Bonchev–Trinajstić information content (AvgIpc) is 2.41. The Balaban J connectivity index is 3.14. The van der Waals surface area contributed by atoms with Crippen molar-refractivity contribution in [3.8, 4) is 0 Å². The molecule has 0 amide bonds. The summed E-state index contributed by atoms with van der Waals surface area (Å²) in [6, 6.07) is 1.46. The Morgan fingerprint density at radius 2 is 1.76 bits per heavy atom. The molecule has 0 aromatic heterocycles. The zero-order valence-electron chi connectivity index (χ0n) is 14.2. The molecule has 0 aliphatic heterocycles. The van der Waals surface area contributed by atoms with Gasteiger partial charge < -0.3 is 10.8 Å². The third kappa shape index (κ3) is 3.85. The van der Waals surface area contributed by atoms with Crippen molar-refractivity contribution in [2.75, 3.05) is 0 Å². The highest BCUT2D eigenvalue weighted by molar-refractivity contribution is 5.73. The van der Waals surface area contributed by atoms with Crippen molar-refractivity contribution in [3.63, 3.8) is 0 Å².